The van der Waals surface area contributed by atoms with Crippen LogP contribution in [0.15, 0.2) is 48.5 Å². The molecule has 1 amide bonds. The number of carbonyl (C=O) groups is 2. The van der Waals surface area contributed by atoms with Crippen molar-refractivity contribution in [1.82, 2.24) is 5.32 Å². The molecule has 3 rings (SSSR count). The Kier molecular flexibility index (Phi) is 4.51. The fourth-order valence-electron chi connectivity index (χ4n) is 2.76. The van der Waals surface area contributed by atoms with Crippen LogP contribution < -0.4 is 10.1 Å². The van der Waals surface area contributed by atoms with Gasteiger partial charge in [0.25, 0.3) is 5.91 Å². The molecule has 2 aromatic carbocycles. The van der Waals surface area contributed by atoms with Crippen LogP contribution in [0.2, 0.25) is 0 Å². The average Bonchev–Trinajstić information content (AvgIpc) is 2.61. The summed E-state index contributed by atoms with van der Waals surface area (Å²) in [6, 6.07) is 14.5. The van der Waals surface area contributed by atoms with Crippen molar-refractivity contribution in [2.75, 3.05) is 7.11 Å². The molecule has 2 aromatic rings. The molecule has 0 saturated carbocycles. The maximum Gasteiger partial charge on any atom is 0.339 e. The first kappa shape index (κ1) is 16.1. The molecule has 1 heterocycles. The zero-order valence-corrected chi connectivity index (χ0v) is 13.6. The molecule has 2 atom stereocenters. The first-order chi connectivity index (χ1) is 11.6. The van der Waals surface area contributed by atoms with Crippen molar-refractivity contribution in [2.45, 2.75) is 25.5 Å². The van der Waals surface area contributed by atoms with Crippen LogP contribution in [0.4, 0.5) is 0 Å². The van der Waals surface area contributed by atoms with E-state index < -0.39 is 12.1 Å². The predicted octanol–water partition coefficient (Wildman–Crippen LogP) is 2.65. The number of methoxy groups -OCH3 is 1. The molecule has 0 saturated heterocycles. The average molecular weight is 325 g/mol. The SMILES string of the molecule is COc1ccc(C(C)NC(=O)C2Cc3ccccc3C(=O)O2)cc1. The van der Waals surface area contributed by atoms with Gasteiger partial charge in [-0.05, 0) is 36.2 Å². The van der Waals surface area contributed by atoms with Crippen molar-refractivity contribution < 1.29 is 19.1 Å². The van der Waals surface area contributed by atoms with Gasteiger partial charge in [-0.3, -0.25) is 4.79 Å². The highest BCUT2D eigenvalue weighted by atomic mass is 16.5. The zero-order valence-electron chi connectivity index (χ0n) is 13.6. The summed E-state index contributed by atoms with van der Waals surface area (Å²) >= 11 is 0. The smallest absolute Gasteiger partial charge is 0.339 e. The van der Waals surface area contributed by atoms with Gasteiger partial charge in [-0.25, -0.2) is 4.79 Å². The Morgan fingerprint density at radius 1 is 1.21 bits per heavy atom. The molecule has 2 unspecified atom stereocenters. The number of cyclic esters (lactones) is 1. The molecule has 1 aliphatic heterocycles. The third kappa shape index (κ3) is 3.25. The summed E-state index contributed by atoms with van der Waals surface area (Å²) in [6.07, 6.45) is -0.406. The summed E-state index contributed by atoms with van der Waals surface area (Å²) in [5, 5.41) is 2.90. The summed E-state index contributed by atoms with van der Waals surface area (Å²) in [5.41, 5.74) is 2.32. The van der Waals surface area contributed by atoms with E-state index in [4.69, 9.17) is 9.47 Å². The molecule has 0 bridgehead atoms. The van der Waals surface area contributed by atoms with Gasteiger partial charge in [-0.15, -0.1) is 0 Å². The number of hydrogen-bond acceptors (Lipinski definition) is 4. The van der Waals surface area contributed by atoms with Crippen LogP contribution in [-0.2, 0) is 16.0 Å². The van der Waals surface area contributed by atoms with E-state index in [0.29, 0.717) is 12.0 Å². The van der Waals surface area contributed by atoms with Gasteiger partial charge < -0.3 is 14.8 Å². The standard InChI is InChI=1S/C19H19NO4/c1-12(13-7-9-15(23-2)10-8-13)20-18(21)17-11-14-5-3-4-6-16(14)19(22)24-17/h3-10,12,17H,11H2,1-2H3,(H,20,21). The lowest BCUT2D eigenvalue weighted by Gasteiger charge is -2.25. The van der Waals surface area contributed by atoms with Gasteiger partial charge in [-0.2, -0.15) is 0 Å². The minimum absolute atomic E-state index is 0.195. The number of nitrogens with one attached hydrogen (secondary N) is 1. The van der Waals surface area contributed by atoms with E-state index in [9.17, 15) is 9.59 Å². The Labute approximate surface area is 140 Å². The number of fused-ring (bicyclic) bond motifs is 1. The number of rotatable bonds is 4. The van der Waals surface area contributed by atoms with Gasteiger partial charge in [0.05, 0.1) is 18.7 Å². The number of esters is 1. The summed E-state index contributed by atoms with van der Waals surface area (Å²) in [6.45, 7) is 1.89. The minimum Gasteiger partial charge on any atom is -0.497 e. The molecular formula is C19H19NO4. The van der Waals surface area contributed by atoms with Crippen molar-refractivity contribution in [1.29, 1.82) is 0 Å². The van der Waals surface area contributed by atoms with Crippen molar-refractivity contribution >= 4 is 11.9 Å². The molecule has 1 aliphatic rings. The first-order valence-electron chi connectivity index (χ1n) is 7.81. The molecule has 0 aromatic heterocycles. The maximum absolute atomic E-state index is 12.4. The second kappa shape index (κ2) is 6.74. The molecule has 0 spiro atoms. The number of benzene rings is 2. The van der Waals surface area contributed by atoms with Crippen molar-refractivity contribution in [3.63, 3.8) is 0 Å². The third-order valence-corrected chi connectivity index (χ3v) is 4.16. The molecule has 0 aliphatic carbocycles. The van der Waals surface area contributed by atoms with Crippen LogP contribution in [0.1, 0.15) is 34.5 Å². The Balaban J connectivity index is 1.67. The van der Waals surface area contributed by atoms with E-state index in [1.54, 1.807) is 19.2 Å². The van der Waals surface area contributed by atoms with Gasteiger partial charge >= 0.3 is 5.97 Å². The van der Waals surface area contributed by atoms with E-state index in [0.717, 1.165) is 16.9 Å². The minimum atomic E-state index is -0.798. The Hall–Kier alpha value is -2.82. The molecule has 124 valence electrons. The molecule has 0 radical (unpaired) electrons. The topological polar surface area (TPSA) is 64.6 Å². The van der Waals surface area contributed by atoms with Crippen LogP contribution in [0.3, 0.4) is 0 Å². The van der Waals surface area contributed by atoms with E-state index in [1.807, 2.05) is 43.3 Å². The van der Waals surface area contributed by atoms with Gasteiger partial charge in [0.1, 0.15) is 5.75 Å². The molecule has 5 nitrogen and oxygen atoms in total. The maximum atomic E-state index is 12.4. The predicted molar refractivity (Wildman–Crippen MR) is 88.9 cm³/mol. The van der Waals surface area contributed by atoms with Crippen molar-refractivity contribution in [3.05, 3.63) is 65.2 Å². The summed E-state index contributed by atoms with van der Waals surface area (Å²) in [7, 11) is 1.61. The molecular weight excluding hydrogens is 306 g/mol. The highest BCUT2D eigenvalue weighted by Crippen LogP contribution is 2.22. The van der Waals surface area contributed by atoms with Crippen molar-refractivity contribution in [2.24, 2.45) is 0 Å². The summed E-state index contributed by atoms with van der Waals surface area (Å²) in [4.78, 5) is 24.5. The quantitative estimate of drug-likeness (QED) is 0.878. The number of carbonyl (C=O) groups excluding carboxylic acids is 2. The lowest BCUT2D eigenvalue weighted by atomic mass is 9.98. The second-order valence-corrected chi connectivity index (χ2v) is 5.76. The summed E-state index contributed by atoms with van der Waals surface area (Å²) < 4.78 is 10.4. The Bertz CT molecular complexity index is 754. The molecule has 0 fully saturated rings. The molecule has 5 heteroatoms. The molecule has 1 N–H and O–H groups in total. The number of ether oxygens (including phenoxy) is 2. The lowest BCUT2D eigenvalue weighted by Crippen LogP contribution is -2.42. The van der Waals surface area contributed by atoms with Crippen LogP contribution in [-0.4, -0.2) is 25.1 Å². The van der Waals surface area contributed by atoms with Gasteiger partial charge in [0, 0.05) is 6.42 Å². The number of hydrogen-bond donors (Lipinski definition) is 1. The molecule has 24 heavy (non-hydrogen) atoms. The van der Waals surface area contributed by atoms with Crippen molar-refractivity contribution in [3.8, 4) is 5.75 Å². The first-order valence-corrected chi connectivity index (χ1v) is 7.81. The third-order valence-electron chi connectivity index (χ3n) is 4.16. The van der Waals surface area contributed by atoms with Crippen LogP contribution in [0.5, 0.6) is 5.75 Å². The normalized spacial score (nSPS) is 17.4. The highest BCUT2D eigenvalue weighted by molar-refractivity contribution is 5.95. The van der Waals surface area contributed by atoms with Crippen LogP contribution in [0.25, 0.3) is 0 Å². The van der Waals surface area contributed by atoms with Gasteiger partial charge in [-0.1, -0.05) is 30.3 Å². The Morgan fingerprint density at radius 3 is 2.62 bits per heavy atom. The van der Waals surface area contributed by atoms with Gasteiger partial charge in [0.2, 0.25) is 0 Å². The van der Waals surface area contributed by atoms with E-state index in [2.05, 4.69) is 5.32 Å². The monoisotopic (exact) mass is 325 g/mol. The van der Waals surface area contributed by atoms with Gasteiger partial charge in [0.15, 0.2) is 6.10 Å². The number of amides is 1. The van der Waals surface area contributed by atoms with E-state index >= 15 is 0 Å². The van der Waals surface area contributed by atoms with E-state index in [1.165, 1.54) is 0 Å². The largest absolute Gasteiger partial charge is 0.497 e. The van der Waals surface area contributed by atoms with E-state index in [-0.39, 0.29) is 11.9 Å². The summed E-state index contributed by atoms with van der Waals surface area (Å²) in [5.74, 6) is 0.0189. The Morgan fingerprint density at radius 2 is 1.92 bits per heavy atom. The zero-order chi connectivity index (χ0) is 17.1. The fourth-order valence-corrected chi connectivity index (χ4v) is 2.76. The second-order valence-electron chi connectivity index (χ2n) is 5.76. The highest BCUT2D eigenvalue weighted by Gasteiger charge is 2.31. The van der Waals surface area contributed by atoms with Crippen LogP contribution in [0, 0.1) is 0 Å². The van der Waals surface area contributed by atoms with Crippen LogP contribution >= 0.6 is 0 Å². The lowest BCUT2D eigenvalue weighted by molar-refractivity contribution is -0.131. The fraction of sp³-hybridized carbons (Fsp3) is 0.263.